The minimum atomic E-state index is -0.283. The van der Waals surface area contributed by atoms with E-state index in [4.69, 9.17) is 27.9 Å². The van der Waals surface area contributed by atoms with E-state index in [1.807, 2.05) is 11.0 Å². The van der Waals surface area contributed by atoms with Crippen LogP contribution in [-0.4, -0.2) is 55.0 Å². The van der Waals surface area contributed by atoms with Crippen LogP contribution in [0.15, 0.2) is 29.6 Å². The van der Waals surface area contributed by atoms with Crippen molar-refractivity contribution in [3.8, 4) is 0 Å². The summed E-state index contributed by atoms with van der Waals surface area (Å²) in [6, 6.07) is 7.20. The number of fused-ring (bicyclic) bond motifs is 1. The normalized spacial score (nSPS) is 15.5. The molecule has 0 aliphatic carbocycles. The van der Waals surface area contributed by atoms with E-state index in [2.05, 4.69) is 18.4 Å². The molecule has 174 valence electrons. The molecule has 1 atom stereocenters. The van der Waals surface area contributed by atoms with Gasteiger partial charge in [0.25, 0.3) is 0 Å². The fourth-order valence-corrected chi connectivity index (χ4v) is 5.49. The largest absolute Gasteiger partial charge is 0.385 e. The maximum absolute atomic E-state index is 13.5. The third-order valence-corrected chi connectivity index (χ3v) is 7.30. The molecular formula is C24H30Cl2N2O3S. The molecule has 3 rings (SSSR count). The van der Waals surface area contributed by atoms with Crippen LogP contribution in [-0.2, 0) is 20.7 Å². The number of hydrogen-bond acceptors (Lipinski definition) is 4. The van der Waals surface area contributed by atoms with Gasteiger partial charge in [0.2, 0.25) is 11.8 Å². The summed E-state index contributed by atoms with van der Waals surface area (Å²) in [5, 5.41) is 3.15. The Morgan fingerprint density at radius 3 is 2.75 bits per heavy atom. The first-order chi connectivity index (χ1) is 15.5. The van der Waals surface area contributed by atoms with Gasteiger partial charge >= 0.3 is 0 Å². The molecule has 0 saturated carbocycles. The van der Waals surface area contributed by atoms with E-state index in [0.29, 0.717) is 42.6 Å². The zero-order chi connectivity index (χ0) is 23.1. The number of unbranched alkanes of at least 4 members (excludes halogenated alkanes) is 1. The van der Waals surface area contributed by atoms with Gasteiger partial charge in [0, 0.05) is 48.1 Å². The lowest BCUT2D eigenvalue weighted by Gasteiger charge is -2.38. The van der Waals surface area contributed by atoms with Crippen molar-refractivity contribution in [2.24, 2.45) is 0 Å². The predicted octanol–water partition coefficient (Wildman–Crippen LogP) is 5.58. The van der Waals surface area contributed by atoms with Gasteiger partial charge in [-0.3, -0.25) is 9.59 Å². The maximum Gasteiger partial charge on any atom is 0.242 e. The average Bonchev–Trinajstić information content (AvgIpc) is 3.25. The minimum Gasteiger partial charge on any atom is -0.385 e. The van der Waals surface area contributed by atoms with Crippen molar-refractivity contribution in [3.63, 3.8) is 0 Å². The van der Waals surface area contributed by atoms with E-state index in [9.17, 15) is 9.59 Å². The zero-order valence-corrected chi connectivity index (χ0v) is 20.9. The van der Waals surface area contributed by atoms with E-state index >= 15 is 0 Å². The molecule has 2 heterocycles. The number of hydrogen-bond donors (Lipinski definition) is 0. The van der Waals surface area contributed by atoms with Crippen molar-refractivity contribution in [1.29, 1.82) is 0 Å². The Morgan fingerprint density at radius 2 is 2.03 bits per heavy atom. The summed E-state index contributed by atoms with van der Waals surface area (Å²) in [6.07, 6.45) is 3.71. The number of rotatable bonds is 10. The van der Waals surface area contributed by atoms with Gasteiger partial charge in [-0.15, -0.1) is 11.3 Å². The topological polar surface area (TPSA) is 49.9 Å². The van der Waals surface area contributed by atoms with Crippen LogP contribution in [0, 0.1) is 0 Å². The number of carbonyl (C=O) groups is 2. The summed E-state index contributed by atoms with van der Waals surface area (Å²) in [5.41, 5.74) is 1.95. The highest BCUT2D eigenvalue weighted by atomic mass is 35.5. The van der Waals surface area contributed by atoms with Gasteiger partial charge in [-0.2, -0.15) is 0 Å². The molecule has 1 aromatic carbocycles. The third-order valence-electron chi connectivity index (χ3n) is 5.74. The van der Waals surface area contributed by atoms with E-state index in [1.54, 1.807) is 35.5 Å². The first-order valence-electron chi connectivity index (χ1n) is 11.0. The Labute approximate surface area is 204 Å². The van der Waals surface area contributed by atoms with Crippen LogP contribution in [0.25, 0.3) is 0 Å². The molecule has 0 spiro atoms. The summed E-state index contributed by atoms with van der Waals surface area (Å²) < 4.78 is 5.14. The smallest absolute Gasteiger partial charge is 0.242 e. The molecule has 1 aliphatic heterocycles. The molecule has 8 heteroatoms. The summed E-state index contributed by atoms with van der Waals surface area (Å²) in [7, 11) is 1.64. The van der Waals surface area contributed by atoms with Gasteiger partial charge in [-0.05, 0) is 54.0 Å². The molecule has 2 amide bonds. The SMILES string of the molecule is CCCCC(=O)N(CCCOC)CC(=O)N1CCc2sccc2C1c1ccc(Cl)cc1Cl. The van der Waals surface area contributed by atoms with Crippen molar-refractivity contribution in [2.75, 3.05) is 33.4 Å². The Hall–Kier alpha value is -1.60. The fourth-order valence-electron chi connectivity index (χ4n) is 4.08. The molecule has 32 heavy (non-hydrogen) atoms. The lowest BCUT2D eigenvalue weighted by atomic mass is 9.93. The highest BCUT2D eigenvalue weighted by Gasteiger charge is 2.35. The summed E-state index contributed by atoms with van der Waals surface area (Å²) in [4.78, 5) is 31.2. The quantitative estimate of drug-likeness (QED) is 0.403. The van der Waals surface area contributed by atoms with E-state index in [0.717, 1.165) is 30.4 Å². The van der Waals surface area contributed by atoms with Crippen LogP contribution in [0.4, 0.5) is 0 Å². The van der Waals surface area contributed by atoms with Gasteiger partial charge in [-0.1, -0.05) is 42.6 Å². The molecule has 1 unspecified atom stereocenters. The first-order valence-corrected chi connectivity index (χ1v) is 12.7. The van der Waals surface area contributed by atoms with Gasteiger partial charge in [0.05, 0.1) is 12.6 Å². The highest BCUT2D eigenvalue weighted by molar-refractivity contribution is 7.10. The number of halogens is 2. The second-order valence-corrected chi connectivity index (χ2v) is 9.81. The number of benzene rings is 1. The van der Waals surface area contributed by atoms with Crippen molar-refractivity contribution in [2.45, 2.75) is 45.1 Å². The van der Waals surface area contributed by atoms with E-state index in [-0.39, 0.29) is 24.4 Å². The average molecular weight is 497 g/mol. The molecule has 0 radical (unpaired) electrons. The Kier molecular flexibility index (Phi) is 9.41. The Balaban J connectivity index is 1.85. The number of methoxy groups -OCH3 is 1. The first kappa shape index (κ1) is 25.0. The van der Waals surface area contributed by atoms with Crippen LogP contribution >= 0.6 is 34.5 Å². The Bertz CT molecular complexity index is 934. The van der Waals surface area contributed by atoms with Crippen molar-refractivity contribution in [3.05, 3.63) is 55.7 Å². The van der Waals surface area contributed by atoms with Crippen LogP contribution in [0.5, 0.6) is 0 Å². The molecular weight excluding hydrogens is 467 g/mol. The molecule has 1 aliphatic rings. The molecule has 0 bridgehead atoms. The molecule has 1 aromatic heterocycles. The van der Waals surface area contributed by atoms with Crippen LogP contribution < -0.4 is 0 Å². The van der Waals surface area contributed by atoms with Gasteiger partial charge in [0.1, 0.15) is 0 Å². The molecule has 5 nitrogen and oxygen atoms in total. The lowest BCUT2D eigenvalue weighted by molar-refractivity contribution is -0.142. The summed E-state index contributed by atoms with van der Waals surface area (Å²) in [5.74, 6) is -0.0502. The van der Waals surface area contributed by atoms with E-state index in [1.165, 1.54) is 4.88 Å². The third kappa shape index (κ3) is 6.04. The number of carbonyl (C=O) groups excluding carboxylic acids is 2. The van der Waals surface area contributed by atoms with Crippen molar-refractivity contribution >= 4 is 46.4 Å². The number of nitrogens with zero attached hydrogens (tertiary/aromatic N) is 2. The second kappa shape index (κ2) is 12.0. The minimum absolute atomic E-state index is 0.0191. The van der Waals surface area contributed by atoms with Gasteiger partial charge in [0.15, 0.2) is 0 Å². The second-order valence-electron chi connectivity index (χ2n) is 7.97. The van der Waals surface area contributed by atoms with Gasteiger partial charge in [-0.25, -0.2) is 0 Å². The summed E-state index contributed by atoms with van der Waals surface area (Å²) in [6.45, 7) is 3.77. The van der Waals surface area contributed by atoms with Crippen molar-refractivity contribution in [1.82, 2.24) is 9.80 Å². The number of thiophene rings is 1. The van der Waals surface area contributed by atoms with Crippen LogP contribution in [0.1, 0.15) is 54.7 Å². The predicted molar refractivity (Wildman–Crippen MR) is 131 cm³/mol. The molecule has 0 N–H and O–H groups in total. The number of amides is 2. The van der Waals surface area contributed by atoms with E-state index < -0.39 is 0 Å². The van der Waals surface area contributed by atoms with Crippen LogP contribution in [0.2, 0.25) is 10.0 Å². The fraction of sp³-hybridized carbons (Fsp3) is 0.500. The summed E-state index contributed by atoms with van der Waals surface area (Å²) >= 11 is 14.4. The Morgan fingerprint density at radius 1 is 1.22 bits per heavy atom. The maximum atomic E-state index is 13.5. The lowest BCUT2D eigenvalue weighted by Crippen LogP contribution is -2.47. The zero-order valence-electron chi connectivity index (χ0n) is 18.6. The monoisotopic (exact) mass is 496 g/mol. The molecule has 2 aromatic rings. The van der Waals surface area contributed by atoms with Crippen molar-refractivity contribution < 1.29 is 14.3 Å². The number of ether oxygens (including phenoxy) is 1. The molecule has 0 fully saturated rings. The highest BCUT2D eigenvalue weighted by Crippen LogP contribution is 2.41. The van der Waals surface area contributed by atoms with Crippen LogP contribution in [0.3, 0.4) is 0 Å². The van der Waals surface area contributed by atoms with Gasteiger partial charge < -0.3 is 14.5 Å². The molecule has 0 saturated heterocycles. The standard InChI is InChI=1S/C24H30Cl2N2O3S/c1-3-4-6-22(29)27(11-5-13-31-2)16-23(30)28-12-9-21-19(10-14-32-21)24(28)18-8-7-17(25)15-20(18)26/h7-8,10,14-15,24H,3-6,9,11-13,16H2,1-2H3.